The van der Waals surface area contributed by atoms with Crippen molar-refractivity contribution in [3.05, 3.63) is 43.9 Å². The molecule has 0 bridgehead atoms. The molecule has 0 atom stereocenters. The lowest BCUT2D eigenvalue weighted by atomic mass is 10.1. The molecule has 0 fully saturated rings. The maximum Gasteiger partial charge on any atom is 0.219 e. The van der Waals surface area contributed by atoms with E-state index in [-0.39, 0.29) is 5.78 Å². The average molecular weight is 291 g/mol. The van der Waals surface area contributed by atoms with E-state index in [0.29, 0.717) is 0 Å². The van der Waals surface area contributed by atoms with Crippen LogP contribution in [-0.2, 0) is 12.2 Å². The number of thiophene rings is 1. The summed E-state index contributed by atoms with van der Waals surface area (Å²) >= 11 is 3.63. The van der Waals surface area contributed by atoms with E-state index in [9.17, 15) is 4.79 Å². The number of rotatable bonds is 2. The van der Waals surface area contributed by atoms with Crippen molar-refractivity contribution < 1.29 is 4.79 Å². The fourth-order valence-electron chi connectivity index (χ4n) is 2.45. The molecule has 2 aromatic heterocycles. The first-order chi connectivity index (χ1) is 9.08. The summed E-state index contributed by atoms with van der Waals surface area (Å²) in [5.74, 6) is 2.39. The number of hydrogen-bond acceptors (Lipinski definition) is 3. The highest BCUT2D eigenvalue weighted by molar-refractivity contribution is 7.98. The zero-order valence-corrected chi connectivity index (χ0v) is 13.1. The number of aryl methyl sites for hydroxylation is 2. The van der Waals surface area contributed by atoms with Gasteiger partial charge in [0, 0.05) is 16.3 Å². The number of aromatic nitrogens is 1. The van der Waals surface area contributed by atoms with E-state index in [4.69, 9.17) is 0 Å². The normalized spacial score (nSPS) is 14.5. The summed E-state index contributed by atoms with van der Waals surface area (Å²) < 4.78 is 0. The van der Waals surface area contributed by atoms with Gasteiger partial charge in [-0.1, -0.05) is 0 Å². The Kier molecular flexibility index (Phi) is 3.31. The molecule has 4 heteroatoms. The summed E-state index contributed by atoms with van der Waals surface area (Å²) in [4.78, 5) is 18.2. The average Bonchev–Trinajstić information content (AvgIpc) is 2.95. The van der Waals surface area contributed by atoms with Gasteiger partial charge in [-0.25, -0.2) is 0 Å². The summed E-state index contributed by atoms with van der Waals surface area (Å²) in [5.41, 5.74) is 5.50. The highest BCUT2D eigenvalue weighted by Gasteiger charge is 2.21. The Hall–Kier alpha value is -1.00. The number of thioether (sulfide) groups is 1. The van der Waals surface area contributed by atoms with Crippen LogP contribution in [0.3, 0.4) is 0 Å². The number of carbonyl (C=O) groups is 1. The molecule has 2 nitrogen and oxygen atoms in total. The van der Waals surface area contributed by atoms with E-state index in [1.165, 1.54) is 21.8 Å². The van der Waals surface area contributed by atoms with Gasteiger partial charge in [0.2, 0.25) is 5.78 Å². The van der Waals surface area contributed by atoms with Crippen molar-refractivity contribution in [1.82, 2.24) is 4.98 Å². The topological polar surface area (TPSA) is 32.9 Å². The van der Waals surface area contributed by atoms with Crippen molar-refractivity contribution in [2.24, 2.45) is 0 Å². The van der Waals surface area contributed by atoms with E-state index in [1.807, 2.05) is 25.6 Å². The number of ketones is 1. The largest absolute Gasteiger partial charge is 0.355 e. The Balaban J connectivity index is 1.99. The van der Waals surface area contributed by atoms with Crippen molar-refractivity contribution in [2.75, 3.05) is 5.75 Å². The predicted octanol–water partition coefficient (Wildman–Crippen LogP) is 4.02. The fraction of sp³-hybridized carbons (Fsp3) is 0.400. The molecular formula is C15H17NOS2. The second-order valence-corrected chi connectivity index (χ2v) is 7.31. The van der Waals surface area contributed by atoms with Gasteiger partial charge in [-0.15, -0.1) is 11.3 Å². The molecule has 1 N–H and O–H groups in total. The molecule has 0 saturated heterocycles. The van der Waals surface area contributed by atoms with Gasteiger partial charge in [-0.2, -0.15) is 11.8 Å². The van der Waals surface area contributed by atoms with Gasteiger partial charge in [-0.05, 0) is 55.7 Å². The van der Waals surface area contributed by atoms with Gasteiger partial charge in [0.1, 0.15) is 0 Å². The minimum atomic E-state index is 0.151. The van der Waals surface area contributed by atoms with Crippen LogP contribution in [0.5, 0.6) is 0 Å². The van der Waals surface area contributed by atoms with Gasteiger partial charge >= 0.3 is 0 Å². The molecule has 100 valence electrons. The molecule has 0 spiro atoms. The van der Waals surface area contributed by atoms with Gasteiger partial charge in [-0.3, -0.25) is 4.79 Å². The molecule has 3 rings (SSSR count). The molecule has 1 aliphatic rings. The molecule has 19 heavy (non-hydrogen) atoms. The van der Waals surface area contributed by atoms with Crippen LogP contribution >= 0.6 is 23.1 Å². The van der Waals surface area contributed by atoms with Crippen molar-refractivity contribution in [1.29, 1.82) is 0 Å². The van der Waals surface area contributed by atoms with E-state index >= 15 is 0 Å². The van der Waals surface area contributed by atoms with Crippen molar-refractivity contribution in [3.63, 3.8) is 0 Å². The van der Waals surface area contributed by atoms with E-state index in [2.05, 4.69) is 18.0 Å². The van der Waals surface area contributed by atoms with Crippen LogP contribution in [0.15, 0.2) is 6.07 Å². The van der Waals surface area contributed by atoms with E-state index in [1.54, 1.807) is 11.3 Å². The molecule has 3 heterocycles. The first-order valence-corrected chi connectivity index (χ1v) is 8.45. The maximum atomic E-state index is 12.6. The number of fused-ring (bicyclic) bond motifs is 1. The lowest BCUT2D eigenvalue weighted by Crippen LogP contribution is -2.01. The summed E-state index contributed by atoms with van der Waals surface area (Å²) in [6.45, 7) is 6.11. The van der Waals surface area contributed by atoms with Crippen LogP contribution in [-0.4, -0.2) is 16.5 Å². The molecule has 0 aromatic carbocycles. The lowest BCUT2D eigenvalue weighted by molar-refractivity contribution is 0.103. The third-order valence-electron chi connectivity index (χ3n) is 3.89. The van der Waals surface area contributed by atoms with Gasteiger partial charge in [0.15, 0.2) is 0 Å². The Morgan fingerprint density at radius 3 is 2.68 bits per heavy atom. The summed E-state index contributed by atoms with van der Waals surface area (Å²) in [7, 11) is 0. The fourth-order valence-corrected chi connectivity index (χ4v) is 4.77. The standard InChI is InChI=1S/C15H17NOS2/c1-8-9(2)14(16-10(8)3)15(17)13-6-11-7-18-5-4-12(11)19-13/h6,16H,4-5,7H2,1-3H3. The third-order valence-corrected chi connectivity index (χ3v) is 6.13. The summed E-state index contributed by atoms with van der Waals surface area (Å²) in [6, 6.07) is 2.10. The predicted molar refractivity (Wildman–Crippen MR) is 82.6 cm³/mol. The lowest BCUT2D eigenvalue weighted by Gasteiger charge is -2.08. The second-order valence-electron chi connectivity index (χ2n) is 5.07. The van der Waals surface area contributed by atoms with Crippen LogP contribution in [0.4, 0.5) is 0 Å². The van der Waals surface area contributed by atoms with Crippen molar-refractivity contribution in [3.8, 4) is 0 Å². The van der Waals surface area contributed by atoms with E-state index < -0.39 is 0 Å². The highest BCUT2D eigenvalue weighted by atomic mass is 32.2. The maximum absolute atomic E-state index is 12.6. The monoisotopic (exact) mass is 291 g/mol. The SMILES string of the molecule is Cc1[nH]c(C(=O)c2cc3c(s2)CCSC3)c(C)c1C. The third kappa shape index (κ3) is 2.17. The van der Waals surface area contributed by atoms with Crippen LogP contribution in [0.2, 0.25) is 0 Å². The van der Waals surface area contributed by atoms with Gasteiger partial charge in [0.25, 0.3) is 0 Å². The molecule has 0 radical (unpaired) electrons. The molecule has 2 aromatic rings. The van der Waals surface area contributed by atoms with Crippen LogP contribution in [0, 0.1) is 20.8 Å². The quantitative estimate of drug-likeness (QED) is 0.848. The Bertz CT molecular complexity index is 628. The molecular weight excluding hydrogens is 274 g/mol. The molecule has 0 unspecified atom stereocenters. The Morgan fingerprint density at radius 2 is 2.05 bits per heavy atom. The number of H-pyrrole nitrogens is 1. The Morgan fingerprint density at radius 1 is 1.26 bits per heavy atom. The van der Waals surface area contributed by atoms with Gasteiger partial charge < -0.3 is 4.98 Å². The zero-order chi connectivity index (χ0) is 13.6. The van der Waals surface area contributed by atoms with Gasteiger partial charge in [0.05, 0.1) is 10.6 Å². The minimum absolute atomic E-state index is 0.151. The summed E-state index contributed by atoms with van der Waals surface area (Å²) in [5, 5.41) is 0. The first kappa shape index (κ1) is 13.0. The number of aromatic amines is 1. The molecule has 1 aliphatic heterocycles. The van der Waals surface area contributed by atoms with Crippen molar-refractivity contribution in [2.45, 2.75) is 32.9 Å². The molecule has 0 aliphatic carbocycles. The molecule has 0 saturated carbocycles. The smallest absolute Gasteiger partial charge is 0.219 e. The summed E-state index contributed by atoms with van der Waals surface area (Å²) in [6.07, 6.45) is 1.11. The van der Waals surface area contributed by atoms with Crippen LogP contribution in [0.1, 0.15) is 42.6 Å². The number of hydrogen-bond donors (Lipinski definition) is 1. The van der Waals surface area contributed by atoms with Crippen LogP contribution < -0.4 is 0 Å². The zero-order valence-electron chi connectivity index (χ0n) is 11.4. The first-order valence-electron chi connectivity index (χ1n) is 6.47. The van der Waals surface area contributed by atoms with Crippen molar-refractivity contribution >= 4 is 28.9 Å². The Labute approximate surface area is 121 Å². The second kappa shape index (κ2) is 4.84. The minimum Gasteiger partial charge on any atom is -0.355 e. The number of carbonyl (C=O) groups excluding carboxylic acids is 1. The number of nitrogens with one attached hydrogen (secondary N) is 1. The highest BCUT2D eigenvalue weighted by Crippen LogP contribution is 2.33. The van der Waals surface area contributed by atoms with Crippen LogP contribution in [0.25, 0.3) is 0 Å². The van der Waals surface area contributed by atoms with E-state index in [0.717, 1.165) is 34.0 Å². The molecule has 0 amide bonds.